The van der Waals surface area contributed by atoms with Gasteiger partial charge in [0.25, 0.3) is 0 Å². The number of fused-ring (bicyclic) bond motifs is 1. The molecule has 2 N–H and O–H groups in total. The zero-order valence-corrected chi connectivity index (χ0v) is 13.2. The van der Waals surface area contributed by atoms with E-state index in [2.05, 4.69) is 35.8 Å². The van der Waals surface area contributed by atoms with E-state index >= 15 is 0 Å². The van der Waals surface area contributed by atoms with Crippen LogP contribution in [0.2, 0.25) is 0 Å². The predicted octanol–water partition coefficient (Wildman–Crippen LogP) is 2.89. The third-order valence-electron chi connectivity index (χ3n) is 4.63. The maximum absolute atomic E-state index is 12.3. The molecule has 1 fully saturated rings. The number of nitrogens with one attached hydrogen (secondary N) is 2. The fourth-order valence-corrected chi connectivity index (χ4v) is 3.26. The summed E-state index contributed by atoms with van der Waals surface area (Å²) in [6.07, 6.45) is 2.81. The monoisotopic (exact) mass is 296 g/mol. The zero-order valence-electron chi connectivity index (χ0n) is 13.2. The molecule has 0 saturated carbocycles. The van der Waals surface area contributed by atoms with Crippen LogP contribution in [0.15, 0.2) is 42.5 Å². The Bertz CT molecular complexity index is 654. The lowest BCUT2D eigenvalue weighted by molar-refractivity contribution is -0.120. The second-order valence-electron chi connectivity index (χ2n) is 6.68. The van der Waals surface area contributed by atoms with Crippen molar-refractivity contribution in [3.05, 3.63) is 48.0 Å². The minimum absolute atomic E-state index is 0.114. The number of hydrogen-bond donors (Lipinski definition) is 2. The van der Waals surface area contributed by atoms with Gasteiger partial charge < -0.3 is 10.6 Å². The van der Waals surface area contributed by atoms with Crippen LogP contribution in [0.5, 0.6) is 0 Å². The SMILES string of the molecule is CC1(CNC(=O)Cc2cccc3ccccc23)CCCNC1. The molecule has 2 aromatic rings. The molecule has 1 atom stereocenters. The van der Waals surface area contributed by atoms with Gasteiger partial charge in [0.1, 0.15) is 0 Å². The van der Waals surface area contributed by atoms with Crippen LogP contribution in [0.25, 0.3) is 10.8 Å². The fourth-order valence-electron chi connectivity index (χ4n) is 3.26. The highest BCUT2D eigenvalue weighted by Gasteiger charge is 2.26. The van der Waals surface area contributed by atoms with Gasteiger partial charge in [-0.05, 0) is 41.1 Å². The van der Waals surface area contributed by atoms with Crippen molar-refractivity contribution in [2.24, 2.45) is 5.41 Å². The van der Waals surface area contributed by atoms with Crippen molar-refractivity contribution in [1.82, 2.24) is 10.6 Å². The van der Waals surface area contributed by atoms with Crippen molar-refractivity contribution < 1.29 is 4.79 Å². The normalized spacial score (nSPS) is 21.7. The van der Waals surface area contributed by atoms with Crippen LogP contribution in [0.3, 0.4) is 0 Å². The van der Waals surface area contributed by atoms with E-state index < -0.39 is 0 Å². The van der Waals surface area contributed by atoms with Crippen LogP contribution < -0.4 is 10.6 Å². The summed E-state index contributed by atoms with van der Waals surface area (Å²) in [4.78, 5) is 12.3. The van der Waals surface area contributed by atoms with Gasteiger partial charge in [-0.15, -0.1) is 0 Å². The van der Waals surface area contributed by atoms with Gasteiger partial charge in [-0.3, -0.25) is 4.79 Å². The Labute approximate surface area is 132 Å². The molecule has 1 aliphatic heterocycles. The number of amides is 1. The van der Waals surface area contributed by atoms with E-state index in [1.165, 1.54) is 23.6 Å². The van der Waals surface area contributed by atoms with Crippen molar-refractivity contribution in [3.8, 4) is 0 Å². The second kappa shape index (κ2) is 6.49. The van der Waals surface area contributed by atoms with Gasteiger partial charge >= 0.3 is 0 Å². The second-order valence-corrected chi connectivity index (χ2v) is 6.68. The Hall–Kier alpha value is -1.87. The minimum Gasteiger partial charge on any atom is -0.355 e. The fraction of sp³-hybridized carbons (Fsp3) is 0.421. The molecule has 3 heteroatoms. The molecule has 0 bridgehead atoms. The maximum Gasteiger partial charge on any atom is 0.224 e. The van der Waals surface area contributed by atoms with E-state index in [0.29, 0.717) is 6.42 Å². The van der Waals surface area contributed by atoms with Gasteiger partial charge in [-0.1, -0.05) is 49.4 Å². The molecule has 0 radical (unpaired) electrons. The molecule has 1 aliphatic rings. The third kappa shape index (κ3) is 3.47. The highest BCUT2D eigenvalue weighted by molar-refractivity contribution is 5.90. The Morgan fingerprint density at radius 2 is 2.05 bits per heavy atom. The first-order valence-electron chi connectivity index (χ1n) is 8.10. The lowest BCUT2D eigenvalue weighted by Crippen LogP contribution is -2.45. The predicted molar refractivity (Wildman–Crippen MR) is 90.9 cm³/mol. The van der Waals surface area contributed by atoms with E-state index in [0.717, 1.165) is 25.2 Å². The summed E-state index contributed by atoms with van der Waals surface area (Å²) in [5.41, 5.74) is 1.29. The molecule has 1 unspecified atom stereocenters. The highest BCUT2D eigenvalue weighted by atomic mass is 16.1. The average molecular weight is 296 g/mol. The van der Waals surface area contributed by atoms with Crippen molar-refractivity contribution in [2.75, 3.05) is 19.6 Å². The van der Waals surface area contributed by atoms with Crippen molar-refractivity contribution in [1.29, 1.82) is 0 Å². The molecule has 3 nitrogen and oxygen atoms in total. The first kappa shape index (κ1) is 15.0. The molecule has 1 amide bonds. The lowest BCUT2D eigenvalue weighted by atomic mass is 9.83. The molecule has 0 aliphatic carbocycles. The summed E-state index contributed by atoms with van der Waals surface area (Å²) >= 11 is 0. The highest BCUT2D eigenvalue weighted by Crippen LogP contribution is 2.24. The van der Waals surface area contributed by atoms with Crippen LogP contribution in [-0.2, 0) is 11.2 Å². The van der Waals surface area contributed by atoms with E-state index in [9.17, 15) is 4.79 Å². The Morgan fingerprint density at radius 1 is 1.23 bits per heavy atom. The Morgan fingerprint density at radius 3 is 2.86 bits per heavy atom. The molecule has 1 heterocycles. The Kier molecular flexibility index (Phi) is 4.44. The number of piperidine rings is 1. The average Bonchev–Trinajstić information content (AvgIpc) is 2.54. The molecular weight excluding hydrogens is 272 g/mol. The van der Waals surface area contributed by atoms with Crippen molar-refractivity contribution >= 4 is 16.7 Å². The molecule has 1 saturated heterocycles. The molecule has 116 valence electrons. The third-order valence-corrected chi connectivity index (χ3v) is 4.63. The van der Waals surface area contributed by atoms with Crippen LogP contribution in [0.1, 0.15) is 25.3 Å². The zero-order chi connectivity index (χ0) is 15.4. The number of benzene rings is 2. The first-order valence-corrected chi connectivity index (χ1v) is 8.10. The van der Waals surface area contributed by atoms with Gasteiger partial charge in [-0.2, -0.15) is 0 Å². The number of carbonyl (C=O) groups is 1. The minimum atomic E-state index is 0.114. The van der Waals surface area contributed by atoms with Gasteiger partial charge in [0.2, 0.25) is 5.91 Å². The van der Waals surface area contributed by atoms with E-state index in [1.54, 1.807) is 0 Å². The standard InChI is InChI=1S/C19H24N2O/c1-19(10-5-11-20-13-19)14-21-18(22)12-16-8-4-7-15-6-2-3-9-17(15)16/h2-4,6-9,20H,5,10-14H2,1H3,(H,21,22). The van der Waals surface area contributed by atoms with E-state index in [-0.39, 0.29) is 11.3 Å². The molecular formula is C19H24N2O. The molecule has 2 aromatic carbocycles. The lowest BCUT2D eigenvalue weighted by Gasteiger charge is -2.34. The van der Waals surface area contributed by atoms with E-state index in [1.807, 2.05) is 24.3 Å². The molecule has 3 rings (SSSR count). The van der Waals surface area contributed by atoms with Crippen LogP contribution >= 0.6 is 0 Å². The number of carbonyl (C=O) groups excluding carboxylic acids is 1. The molecule has 0 spiro atoms. The topological polar surface area (TPSA) is 41.1 Å². The van der Waals surface area contributed by atoms with Gasteiger partial charge in [0.05, 0.1) is 6.42 Å². The van der Waals surface area contributed by atoms with Crippen molar-refractivity contribution in [3.63, 3.8) is 0 Å². The largest absolute Gasteiger partial charge is 0.355 e. The first-order chi connectivity index (χ1) is 10.7. The van der Waals surface area contributed by atoms with Crippen molar-refractivity contribution in [2.45, 2.75) is 26.2 Å². The smallest absolute Gasteiger partial charge is 0.224 e. The summed E-state index contributed by atoms with van der Waals surface area (Å²) in [6, 6.07) is 14.4. The summed E-state index contributed by atoms with van der Waals surface area (Å²) in [5.74, 6) is 0.114. The van der Waals surface area contributed by atoms with Crippen LogP contribution in [-0.4, -0.2) is 25.5 Å². The van der Waals surface area contributed by atoms with Gasteiger partial charge in [0, 0.05) is 13.1 Å². The van der Waals surface area contributed by atoms with Crippen LogP contribution in [0.4, 0.5) is 0 Å². The van der Waals surface area contributed by atoms with Gasteiger partial charge in [-0.25, -0.2) is 0 Å². The summed E-state index contributed by atoms with van der Waals surface area (Å²) in [7, 11) is 0. The molecule has 22 heavy (non-hydrogen) atoms. The molecule has 0 aromatic heterocycles. The number of hydrogen-bond acceptors (Lipinski definition) is 2. The quantitative estimate of drug-likeness (QED) is 0.911. The summed E-state index contributed by atoms with van der Waals surface area (Å²) in [5, 5.41) is 8.91. The summed E-state index contributed by atoms with van der Waals surface area (Å²) in [6.45, 7) is 5.09. The van der Waals surface area contributed by atoms with E-state index in [4.69, 9.17) is 0 Å². The number of rotatable bonds is 4. The van der Waals surface area contributed by atoms with Crippen LogP contribution in [0, 0.1) is 5.41 Å². The van der Waals surface area contributed by atoms with Gasteiger partial charge in [0.15, 0.2) is 0 Å². The Balaban J connectivity index is 1.63. The summed E-state index contributed by atoms with van der Waals surface area (Å²) < 4.78 is 0. The maximum atomic E-state index is 12.3.